The van der Waals surface area contributed by atoms with Gasteiger partial charge in [-0.2, -0.15) is 5.10 Å². The van der Waals surface area contributed by atoms with Crippen molar-refractivity contribution in [2.75, 3.05) is 0 Å². The average Bonchev–Trinajstić information content (AvgIpc) is 3.27. The predicted molar refractivity (Wildman–Crippen MR) is 121 cm³/mol. The summed E-state index contributed by atoms with van der Waals surface area (Å²) in [6.45, 7) is 0.326. The van der Waals surface area contributed by atoms with Gasteiger partial charge in [0.25, 0.3) is 5.56 Å². The molecule has 2 amide bonds. The van der Waals surface area contributed by atoms with E-state index in [-0.39, 0.29) is 24.3 Å². The summed E-state index contributed by atoms with van der Waals surface area (Å²) in [7, 11) is 0. The van der Waals surface area contributed by atoms with Crippen molar-refractivity contribution in [1.82, 2.24) is 24.6 Å². The molecule has 0 spiro atoms. The maximum absolute atomic E-state index is 13.1. The molecule has 0 saturated heterocycles. The Kier molecular flexibility index (Phi) is 5.21. The SMILES string of the molecule is NC(=O)C1Cc2ccccc2CN1C(=O)CCc1nc2c(cnn2-c2ccccc2)c(=O)[nH]1. The van der Waals surface area contributed by atoms with Gasteiger partial charge in [-0.1, -0.05) is 42.5 Å². The van der Waals surface area contributed by atoms with Crippen LogP contribution in [0.1, 0.15) is 23.4 Å². The number of rotatable bonds is 5. The predicted octanol–water partition coefficient (Wildman–Crippen LogP) is 1.48. The summed E-state index contributed by atoms with van der Waals surface area (Å²) >= 11 is 0. The summed E-state index contributed by atoms with van der Waals surface area (Å²) in [5.74, 6) is -0.364. The fourth-order valence-electron chi connectivity index (χ4n) is 4.25. The summed E-state index contributed by atoms with van der Waals surface area (Å²) in [5, 5.41) is 4.67. The number of hydrogen-bond acceptors (Lipinski definition) is 5. The van der Waals surface area contributed by atoms with Crippen LogP contribution >= 0.6 is 0 Å². The molecule has 2 aromatic carbocycles. The van der Waals surface area contributed by atoms with E-state index in [9.17, 15) is 14.4 Å². The first kappa shape index (κ1) is 20.6. The number of nitrogens with zero attached hydrogens (tertiary/aromatic N) is 4. The van der Waals surface area contributed by atoms with Crippen LogP contribution < -0.4 is 11.3 Å². The van der Waals surface area contributed by atoms with Crippen molar-refractivity contribution in [3.63, 3.8) is 0 Å². The number of primary amides is 1. The molecule has 0 radical (unpaired) electrons. The van der Waals surface area contributed by atoms with Gasteiger partial charge in [-0.05, 0) is 23.3 Å². The number of carbonyl (C=O) groups is 2. The molecular weight excluding hydrogens is 420 g/mol. The zero-order valence-electron chi connectivity index (χ0n) is 17.8. The molecule has 1 atom stereocenters. The molecule has 1 aliphatic heterocycles. The van der Waals surface area contributed by atoms with E-state index in [1.807, 2.05) is 54.6 Å². The van der Waals surface area contributed by atoms with Crippen molar-refractivity contribution in [3.05, 3.63) is 88.1 Å². The first-order valence-corrected chi connectivity index (χ1v) is 10.7. The van der Waals surface area contributed by atoms with Gasteiger partial charge in [-0.25, -0.2) is 9.67 Å². The number of nitrogens with one attached hydrogen (secondary N) is 1. The molecule has 5 rings (SSSR count). The van der Waals surface area contributed by atoms with Gasteiger partial charge in [0.1, 0.15) is 17.3 Å². The van der Waals surface area contributed by atoms with E-state index in [1.54, 1.807) is 4.68 Å². The molecule has 33 heavy (non-hydrogen) atoms. The molecule has 1 unspecified atom stereocenters. The summed E-state index contributed by atoms with van der Waals surface area (Å²) in [6, 6.07) is 16.4. The Morgan fingerprint density at radius 2 is 1.79 bits per heavy atom. The molecular formula is C24H22N6O3. The van der Waals surface area contributed by atoms with E-state index in [0.29, 0.717) is 29.8 Å². The van der Waals surface area contributed by atoms with Gasteiger partial charge in [0.15, 0.2) is 5.65 Å². The standard InChI is InChI=1S/C24H22N6O3/c25-22(32)19-12-15-6-4-5-7-16(15)14-29(19)21(31)11-10-20-27-23-18(24(33)28-20)13-26-30(23)17-8-2-1-3-9-17/h1-9,13,19H,10-12,14H2,(H2,25,32)(H,27,28,33). The number of aryl methyl sites for hydroxylation is 1. The quantitative estimate of drug-likeness (QED) is 0.484. The van der Waals surface area contributed by atoms with Gasteiger partial charge in [0.05, 0.1) is 11.9 Å². The number of nitrogens with two attached hydrogens (primary N) is 1. The Morgan fingerprint density at radius 3 is 2.55 bits per heavy atom. The van der Waals surface area contributed by atoms with E-state index >= 15 is 0 Å². The highest BCUT2D eigenvalue weighted by molar-refractivity contribution is 5.87. The minimum atomic E-state index is -0.693. The lowest BCUT2D eigenvalue weighted by atomic mass is 9.93. The zero-order chi connectivity index (χ0) is 22.9. The van der Waals surface area contributed by atoms with Crippen LogP contribution in [0.3, 0.4) is 0 Å². The van der Waals surface area contributed by atoms with Gasteiger partial charge < -0.3 is 15.6 Å². The van der Waals surface area contributed by atoms with E-state index in [0.717, 1.165) is 16.8 Å². The van der Waals surface area contributed by atoms with Crippen molar-refractivity contribution in [2.24, 2.45) is 5.73 Å². The van der Waals surface area contributed by atoms with Crippen LogP contribution in [0.15, 0.2) is 65.6 Å². The maximum atomic E-state index is 13.1. The highest BCUT2D eigenvalue weighted by Gasteiger charge is 2.33. The largest absolute Gasteiger partial charge is 0.368 e. The summed E-state index contributed by atoms with van der Waals surface area (Å²) in [5.41, 5.74) is 8.52. The number of H-pyrrole nitrogens is 1. The fraction of sp³-hybridized carbons (Fsp3) is 0.208. The fourth-order valence-corrected chi connectivity index (χ4v) is 4.25. The summed E-state index contributed by atoms with van der Waals surface area (Å²) in [6.07, 6.45) is 2.17. The number of aromatic amines is 1. The van der Waals surface area contributed by atoms with E-state index in [1.165, 1.54) is 11.1 Å². The average molecular weight is 442 g/mol. The second-order valence-corrected chi connectivity index (χ2v) is 8.05. The monoisotopic (exact) mass is 442 g/mol. The smallest absolute Gasteiger partial charge is 0.262 e. The van der Waals surface area contributed by atoms with E-state index in [4.69, 9.17) is 5.73 Å². The zero-order valence-corrected chi connectivity index (χ0v) is 17.8. The van der Waals surface area contributed by atoms with Crippen LogP contribution in [0.5, 0.6) is 0 Å². The van der Waals surface area contributed by atoms with E-state index < -0.39 is 11.9 Å². The third kappa shape index (κ3) is 3.89. The number of carbonyl (C=O) groups excluding carboxylic acids is 2. The lowest BCUT2D eigenvalue weighted by Gasteiger charge is -2.35. The topological polar surface area (TPSA) is 127 Å². The van der Waals surface area contributed by atoms with Gasteiger partial charge in [0.2, 0.25) is 11.8 Å². The molecule has 3 N–H and O–H groups in total. The van der Waals surface area contributed by atoms with Crippen molar-refractivity contribution in [1.29, 1.82) is 0 Å². The summed E-state index contributed by atoms with van der Waals surface area (Å²) in [4.78, 5) is 46.5. The number of hydrogen-bond donors (Lipinski definition) is 2. The van der Waals surface area contributed by atoms with Crippen molar-refractivity contribution in [3.8, 4) is 5.69 Å². The van der Waals surface area contributed by atoms with Crippen LogP contribution in [0.2, 0.25) is 0 Å². The number of aromatic nitrogens is 4. The van der Waals surface area contributed by atoms with Gasteiger partial charge in [-0.15, -0.1) is 0 Å². The molecule has 0 fully saturated rings. The van der Waals surface area contributed by atoms with Crippen molar-refractivity contribution < 1.29 is 9.59 Å². The molecule has 9 nitrogen and oxygen atoms in total. The highest BCUT2D eigenvalue weighted by atomic mass is 16.2. The van der Waals surface area contributed by atoms with Gasteiger partial charge >= 0.3 is 0 Å². The van der Waals surface area contributed by atoms with Gasteiger partial charge in [-0.3, -0.25) is 14.4 Å². The second-order valence-electron chi connectivity index (χ2n) is 8.05. The molecule has 1 aliphatic rings. The second kappa shape index (κ2) is 8.34. The number of fused-ring (bicyclic) bond motifs is 2. The lowest BCUT2D eigenvalue weighted by molar-refractivity contribution is -0.140. The molecule has 166 valence electrons. The first-order valence-electron chi connectivity index (χ1n) is 10.7. The number of amides is 2. The minimum absolute atomic E-state index is 0.0832. The Labute approximate surface area is 188 Å². The minimum Gasteiger partial charge on any atom is -0.368 e. The maximum Gasteiger partial charge on any atom is 0.262 e. The van der Waals surface area contributed by atoms with Crippen LogP contribution in [0, 0.1) is 0 Å². The Bertz CT molecular complexity index is 1410. The van der Waals surface area contributed by atoms with Crippen LogP contribution in [0.4, 0.5) is 0 Å². The third-order valence-electron chi connectivity index (χ3n) is 5.96. The normalized spacial score (nSPS) is 15.4. The van der Waals surface area contributed by atoms with Crippen LogP contribution in [-0.4, -0.2) is 42.5 Å². The number of para-hydroxylation sites is 1. The number of benzene rings is 2. The van der Waals surface area contributed by atoms with Crippen molar-refractivity contribution in [2.45, 2.75) is 31.8 Å². The van der Waals surface area contributed by atoms with E-state index in [2.05, 4.69) is 15.1 Å². The van der Waals surface area contributed by atoms with Gasteiger partial charge in [0, 0.05) is 25.8 Å². The third-order valence-corrected chi connectivity index (χ3v) is 5.96. The lowest BCUT2D eigenvalue weighted by Crippen LogP contribution is -2.51. The molecule has 0 bridgehead atoms. The highest BCUT2D eigenvalue weighted by Crippen LogP contribution is 2.24. The first-order chi connectivity index (χ1) is 16.0. The molecule has 0 saturated carbocycles. The molecule has 2 aromatic heterocycles. The van der Waals surface area contributed by atoms with Crippen LogP contribution in [-0.2, 0) is 29.0 Å². The summed E-state index contributed by atoms with van der Waals surface area (Å²) < 4.78 is 1.60. The Hall–Kier alpha value is -4.27. The van der Waals surface area contributed by atoms with Crippen molar-refractivity contribution >= 4 is 22.8 Å². The molecule has 3 heterocycles. The van der Waals surface area contributed by atoms with Crippen LogP contribution in [0.25, 0.3) is 16.7 Å². The molecule has 0 aliphatic carbocycles. The molecule has 9 heteroatoms. The Balaban J connectivity index is 1.39. The molecule has 4 aromatic rings. The Morgan fingerprint density at radius 1 is 1.06 bits per heavy atom.